The third kappa shape index (κ3) is 3.55. The second-order valence-electron chi connectivity index (χ2n) is 7.11. The standard InChI is InChI=1S/C20H27NO3/c1-4-18(22)15-5-7-21(8-6-15)12-16-11-20(23)24-19-10-14(3)13(2)9-17(16)19/h9-11,15,18,22H,4-8,12H2,1-3H3. The molecule has 0 amide bonds. The minimum atomic E-state index is -0.281. The van der Waals surface area contributed by atoms with Crippen molar-refractivity contribution in [1.82, 2.24) is 4.90 Å². The summed E-state index contributed by atoms with van der Waals surface area (Å²) in [5, 5.41) is 11.1. The summed E-state index contributed by atoms with van der Waals surface area (Å²) in [5.74, 6) is 0.411. The van der Waals surface area contributed by atoms with Crippen LogP contribution in [-0.2, 0) is 6.54 Å². The van der Waals surface area contributed by atoms with Gasteiger partial charge in [0.15, 0.2) is 0 Å². The van der Waals surface area contributed by atoms with E-state index in [0.717, 1.165) is 55.4 Å². The lowest BCUT2D eigenvalue weighted by atomic mass is 9.90. The molecule has 1 aliphatic rings. The Morgan fingerprint density at radius 1 is 1.21 bits per heavy atom. The van der Waals surface area contributed by atoms with Gasteiger partial charge in [0.05, 0.1) is 6.10 Å². The van der Waals surface area contributed by atoms with Crippen molar-refractivity contribution >= 4 is 11.0 Å². The minimum absolute atomic E-state index is 0.178. The molecule has 1 aromatic heterocycles. The molecule has 0 spiro atoms. The van der Waals surface area contributed by atoms with E-state index in [4.69, 9.17) is 4.42 Å². The maximum Gasteiger partial charge on any atom is 0.336 e. The molecule has 0 aliphatic carbocycles. The summed E-state index contributed by atoms with van der Waals surface area (Å²) in [4.78, 5) is 14.3. The van der Waals surface area contributed by atoms with E-state index in [2.05, 4.69) is 17.9 Å². The second-order valence-corrected chi connectivity index (χ2v) is 7.11. The molecule has 1 aromatic carbocycles. The van der Waals surface area contributed by atoms with E-state index in [1.54, 1.807) is 6.07 Å². The zero-order chi connectivity index (χ0) is 17.3. The maximum absolute atomic E-state index is 11.9. The molecule has 2 aromatic rings. The number of piperidine rings is 1. The molecule has 4 nitrogen and oxygen atoms in total. The van der Waals surface area contributed by atoms with E-state index in [-0.39, 0.29) is 11.7 Å². The van der Waals surface area contributed by atoms with Gasteiger partial charge in [-0.15, -0.1) is 0 Å². The van der Waals surface area contributed by atoms with Crippen molar-refractivity contribution in [3.63, 3.8) is 0 Å². The molecule has 1 fully saturated rings. The van der Waals surface area contributed by atoms with E-state index < -0.39 is 0 Å². The number of nitrogens with zero attached hydrogens (tertiary/aromatic N) is 1. The fraction of sp³-hybridized carbons (Fsp3) is 0.550. The Morgan fingerprint density at radius 2 is 1.88 bits per heavy atom. The van der Waals surface area contributed by atoms with Crippen LogP contribution in [0.1, 0.15) is 42.9 Å². The van der Waals surface area contributed by atoms with Gasteiger partial charge in [-0.1, -0.05) is 6.92 Å². The first-order valence-corrected chi connectivity index (χ1v) is 8.92. The molecular formula is C20H27NO3. The van der Waals surface area contributed by atoms with Gasteiger partial charge in [-0.3, -0.25) is 4.90 Å². The number of hydrogen-bond acceptors (Lipinski definition) is 4. The Kier molecular flexibility index (Phi) is 5.07. The SMILES string of the molecule is CCC(O)C1CCN(Cc2cc(=O)oc3cc(C)c(C)cc23)CC1. The average molecular weight is 329 g/mol. The van der Waals surface area contributed by atoms with Crippen LogP contribution in [0.3, 0.4) is 0 Å². The highest BCUT2D eigenvalue weighted by Crippen LogP contribution is 2.26. The summed E-state index contributed by atoms with van der Waals surface area (Å²) in [6.07, 6.45) is 2.69. The second kappa shape index (κ2) is 7.08. The predicted molar refractivity (Wildman–Crippen MR) is 96.3 cm³/mol. The molecule has 0 radical (unpaired) electrons. The van der Waals surface area contributed by atoms with Gasteiger partial charge in [-0.05, 0) is 80.9 Å². The lowest BCUT2D eigenvalue weighted by Crippen LogP contribution is -2.37. The number of fused-ring (bicyclic) bond motifs is 1. The Morgan fingerprint density at radius 3 is 2.54 bits per heavy atom. The molecule has 0 bridgehead atoms. The topological polar surface area (TPSA) is 53.7 Å². The lowest BCUT2D eigenvalue weighted by molar-refractivity contribution is 0.0550. The smallest absolute Gasteiger partial charge is 0.336 e. The molecule has 1 unspecified atom stereocenters. The number of benzene rings is 1. The highest BCUT2D eigenvalue weighted by atomic mass is 16.4. The molecule has 1 N–H and O–H groups in total. The van der Waals surface area contributed by atoms with Crippen molar-refractivity contribution in [2.75, 3.05) is 13.1 Å². The van der Waals surface area contributed by atoms with E-state index in [0.29, 0.717) is 11.5 Å². The van der Waals surface area contributed by atoms with Crippen LogP contribution in [-0.4, -0.2) is 29.2 Å². The zero-order valence-corrected chi connectivity index (χ0v) is 14.8. The first-order chi connectivity index (χ1) is 11.5. The number of rotatable bonds is 4. The van der Waals surface area contributed by atoms with Crippen molar-refractivity contribution in [1.29, 1.82) is 0 Å². The van der Waals surface area contributed by atoms with Crippen LogP contribution < -0.4 is 5.63 Å². The van der Waals surface area contributed by atoms with Crippen LogP contribution in [0.25, 0.3) is 11.0 Å². The van der Waals surface area contributed by atoms with Gasteiger partial charge in [-0.2, -0.15) is 0 Å². The first kappa shape index (κ1) is 17.2. The van der Waals surface area contributed by atoms with E-state index >= 15 is 0 Å². The van der Waals surface area contributed by atoms with Gasteiger partial charge >= 0.3 is 5.63 Å². The summed E-state index contributed by atoms with van der Waals surface area (Å²) in [5.41, 5.74) is 3.78. The maximum atomic E-state index is 11.9. The van der Waals surface area contributed by atoms with Gasteiger partial charge < -0.3 is 9.52 Å². The van der Waals surface area contributed by atoms with Gasteiger partial charge in [0.25, 0.3) is 0 Å². The Bertz CT molecular complexity index is 772. The summed E-state index contributed by atoms with van der Waals surface area (Å²) in [7, 11) is 0. The minimum Gasteiger partial charge on any atom is -0.423 e. The molecule has 1 aliphatic heterocycles. The predicted octanol–water partition coefficient (Wildman–Crippen LogP) is 3.39. The quantitative estimate of drug-likeness (QED) is 0.874. The fourth-order valence-corrected chi connectivity index (χ4v) is 3.68. The summed E-state index contributed by atoms with van der Waals surface area (Å²) in [6.45, 7) is 8.85. The number of likely N-dealkylation sites (tertiary alicyclic amines) is 1. The molecule has 1 saturated heterocycles. The van der Waals surface area contributed by atoms with Gasteiger partial charge in [0.2, 0.25) is 0 Å². The fourth-order valence-electron chi connectivity index (χ4n) is 3.68. The molecule has 130 valence electrons. The van der Waals surface area contributed by atoms with Crippen molar-refractivity contribution in [3.05, 3.63) is 45.3 Å². The zero-order valence-electron chi connectivity index (χ0n) is 14.8. The van der Waals surface area contributed by atoms with Crippen LogP contribution in [0.15, 0.2) is 27.4 Å². The van der Waals surface area contributed by atoms with Gasteiger partial charge in [0, 0.05) is 18.0 Å². The number of aliphatic hydroxyl groups excluding tert-OH is 1. The number of hydrogen-bond donors (Lipinski definition) is 1. The van der Waals surface area contributed by atoms with Crippen LogP contribution >= 0.6 is 0 Å². The lowest BCUT2D eigenvalue weighted by Gasteiger charge is -2.34. The van der Waals surface area contributed by atoms with Gasteiger partial charge in [-0.25, -0.2) is 4.79 Å². The van der Waals surface area contributed by atoms with Crippen LogP contribution in [0.5, 0.6) is 0 Å². The highest BCUT2D eigenvalue weighted by molar-refractivity contribution is 5.81. The Labute approximate surface area is 143 Å². The molecule has 3 rings (SSSR count). The van der Waals surface area contributed by atoms with Crippen molar-refractivity contribution in [2.45, 2.75) is 52.7 Å². The molecule has 24 heavy (non-hydrogen) atoms. The van der Waals surface area contributed by atoms with E-state index in [1.165, 1.54) is 5.56 Å². The Balaban J connectivity index is 1.81. The van der Waals surface area contributed by atoms with E-state index in [1.807, 2.05) is 19.9 Å². The largest absolute Gasteiger partial charge is 0.423 e. The third-order valence-corrected chi connectivity index (χ3v) is 5.43. The van der Waals surface area contributed by atoms with Crippen molar-refractivity contribution in [3.8, 4) is 0 Å². The van der Waals surface area contributed by atoms with Crippen LogP contribution in [0.2, 0.25) is 0 Å². The average Bonchev–Trinajstić information content (AvgIpc) is 2.56. The monoisotopic (exact) mass is 329 g/mol. The van der Waals surface area contributed by atoms with Gasteiger partial charge in [0.1, 0.15) is 5.58 Å². The molecule has 2 heterocycles. The van der Waals surface area contributed by atoms with E-state index in [9.17, 15) is 9.90 Å². The first-order valence-electron chi connectivity index (χ1n) is 8.92. The van der Waals surface area contributed by atoms with Crippen LogP contribution in [0, 0.1) is 19.8 Å². The summed E-state index contributed by atoms with van der Waals surface area (Å²) in [6, 6.07) is 5.71. The normalized spacial score (nSPS) is 18.2. The summed E-state index contributed by atoms with van der Waals surface area (Å²) < 4.78 is 5.38. The van der Waals surface area contributed by atoms with Crippen molar-refractivity contribution < 1.29 is 9.52 Å². The molecule has 4 heteroatoms. The van der Waals surface area contributed by atoms with Crippen molar-refractivity contribution in [2.24, 2.45) is 5.92 Å². The Hall–Kier alpha value is -1.65. The summed E-state index contributed by atoms with van der Waals surface area (Å²) >= 11 is 0. The third-order valence-electron chi connectivity index (χ3n) is 5.43. The molecule has 0 saturated carbocycles. The van der Waals surface area contributed by atoms with Crippen LogP contribution in [0.4, 0.5) is 0 Å². The highest BCUT2D eigenvalue weighted by Gasteiger charge is 2.24. The number of aryl methyl sites for hydroxylation is 2. The molecule has 1 atom stereocenters. The number of aliphatic hydroxyl groups is 1. The molecular weight excluding hydrogens is 302 g/mol.